The Morgan fingerprint density at radius 3 is 2.84 bits per heavy atom. The van der Waals surface area contributed by atoms with Crippen LogP contribution in [0.5, 0.6) is 0 Å². The summed E-state index contributed by atoms with van der Waals surface area (Å²) in [6.45, 7) is 5.53. The van der Waals surface area contributed by atoms with Gasteiger partial charge in [0.2, 0.25) is 5.91 Å². The van der Waals surface area contributed by atoms with E-state index in [1.54, 1.807) is 6.07 Å². The number of nitrogens with zero attached hydrogens (tertiary/aromatic N) is 1. The minimum atomic E-state index is -0.232. The van der Waals surface area contributed by atoms with E-state index in [-0.39, 0.29) is 29.9 Å². The van der Waals surface area contributed by atoms with Crippen molar-refractivity contribution in [2.75, 3.05) is 19.7 Å². The van der Waals surface area contributed by atoms with Gasteiger partial charge in [0.05, 0.1) is 13.0 Å². The quantitative estimate of drug-likeness (QED) is 0.896. The zero-order valence-electron chi connectivity index (χ0n) is 14.9. The van der Waals surface area contributed by atoms with Crippen molar-refractivity contribution in [2.45, 2.75) is 33.1 Å². The molecule has 1 aromatic carbocycles. The number of para-hydroxylation sites is 1. The van der Waals surface area contributed by atoms with Crippen molar-refractivity contribution in [3.63, 3.8) is 0 Å². The number of piperidine rings is 1. The van der Waals surface area contributed by atoms with Crippen LogP contribution < -0.4 is 5.56 Å². The summed E-state index contributed by atoms with van der Waals surface area (Å²) in [4.78, 5) is 29.7. The number of hydrogen-bond donors (Lipinski definition) is 2. The SMILES string of the molecule is CC(C)C1(CO)CCCN(C(=O)Cc2cc3ccccc3[nH]c2=O)C1. The number of aromatic nitrogens is 1. The predicted octanol–water partition coefficient (Wildman–Crippen LogP) is 2.33. The van der Waals surface area contributed by atoms with Crippen LogP contribution in [0.4, 0.5) is 0 Å². The molecular weight excluding hydrogens is 316 g/mol. The maximum absolute atomic E-state index is 12.8. The average molecular weight is 342 g/mol. The van der Waals surface area contributed by atoms with Gasteiger partial charge in [-0.3, -0.25) is 9.59 Å². The molecule has 5 nitrogen and oxygen atoms in total. The Kier molecular flexibility index (Phi) is 4.95. The highest BCUT2D eigenvalue weighted by Crippen LogP contribution is 2.36. The minimum Gasteiger partial charge on any atom is -0.396 e. The highest BCUT2D eigenvalue weighted by Gasteiger charge is 2.39. The van der Waals surface area contributed by atoms with Crippen LogP contribution in [0.25, 0.3) is 10.9 Å². The van der Waals surface area contributed by atoms with Gasteiger partial charge < -0.3 is 15.0 Å². The smallest absolute Gasteiger partial charge is 0.252 e. The van der Waals surface area contributed by atoms with Gasteiger partial charge in [0.15, 0.2) is 0 Å². The highest BCUT2D eigenvalue weighted by molar-refractivity contribution is 5.82. The van der Waals surface area contributed by atoms with Crippen LogP contribution >= 0.6 is 0 Å². The number of H-pyrrole nitrogens is 1. The second-order valence-electron chi connectivity index (χ2n) is 7.48. The molecular formula is C20H26N2O3. The topological polar surface area (TPSA) is 73.4 Å². The molecule has 5 heteroatoms. The van der Waals surface area contributed by atoms with Crippen molar-refractivity contribution in [3.05, 3.63) is 46.2 Å². The van der Waals surface area contributed by atoms with Gasteiger partial charge in [-0.1, -0.05) is 32.0 Å². The normalized spacial score (nSPS) is 21.0. The molecule has 3 rings (SSSR count). The first-order valence-electron chi connectivity index (χ1n) is 8.95. The Balaban J connectivity index is 1.80. The molecule has 1 fully saturated rings. The van der Waals surface area contributed by atoms with E-state index >= 15 is 0 Å². The third kappa shape index (κ3) is 3.47. The molecule has 1 amide bonds. The summed E-state index contributed by atoms with van der Waals surface area (Å²) in [6.07, 6.45) is 1.92. The van der Waals surface area contributed by atoms with Gasteiger partial charge in [-0.15, -0.1) is 0 Å². The van der Waals surface area contributed by atoms with E-state index in [0.29, 0.717) is 24.6 Å². The lowest BCUT2D eigenvalue weighted by Crippen LogP contribution is -2.50. The number of fused-ring (bicyclic) bond motifs is 1. The Morgan fingerprint density at radius 2 is 2.12 bits per heavy atom. The van der Waals surface area contributed by atoms with Gasteiger partial charge in [-0.25, -0.2) is 0 Å². The highest BCUT2D eigenvalue weighted by atomic mass is 16.3. The molecule has 2 N–H and O–H groups in total. The molecule has 1 atom stereocenters. The number of aliphatic hydroxyl groups is 1. The Labute approximate surface area is 147 Å². The minimum absolute atomic E-state index is 0.0426. The molecule has 2 aromatic rings. The van der Waals surface area contributed by atoms with E-state index in [2.05, 4.69) is 18.8 Å². The summed E-state index contributed by atoms with van der Waals surface area (Å²) in [6, 6.07) is 9.37. The lowest BCUT2D eigenvalue weighted by Gasteiger charge is -2.44. The van der Waals surface area contributed by atoms with Gasteiger partial charge in [-0.2, -0.15) is 0 Å². The van der Waals surface area contributed by atoms with Crippen LogP contribution in [0.2, 0.25) is 0 Å². The predicted molar refractivity (Wildman–Crippen MR) is 98.4 cm³/mol. The van der Waals surface area contributed by atoms with Crippen molar-refractivity contribution in [2.24, 2.45) is 11.3 Å². The van der Waals surface area contributed by atoms with E-state index in [4.69, 9.17) is 0 Å². The summed E-state index contributed by atoms with van der Waals surface area (Å²) in [5, 5.41) is 10.8. The Morgan fingerprint density at radius 1 is 1.36 bits per heavy atom. The monoisotopic (exact) mass is 342 g/mol. The molecule has 0 saturated carbocycles. The molecule has 1 aliphatic heterocycles. The molecule has 1 aliphatic rings. The Hall–Kier alpha value is -2.14. The zero-order chi connectivity index (χ0) is 18.0. The fraction of sp³-hybridized carbons (Fsp3) is 0.500. The van der Waals surface area contributed by atoms with Crippen LogP contribution in [-0.2, 0) is 11.2 Å². The zero-order valence-corrected chi connectivity index (χ0v) is 14.9. The van der Waals surface area contributed by atoms with Crippen LogP contribution in [0, 0.1) is 11.3 Å². The van der Waals surface area contributed by atoms with Crippen LogP contribution in [-0.4, -0.2) is 40.6 Å². The van der Waals surface area contributed by atoms with Gasteiger partial charge >= 0.3 is 0 Å². The number of carbonyl (C=O) groups excluding carboxylic acids is 1. The molecule has 25 heavy (non-hydrogen) atoms. The van der Waals surface area contributed by atoms with Crippen molar-refractivity contribution in [3.8, 4) is 0 Å². The van der Waals surface area contributed by atoms with E-state index in [0.717, 1.165) is 23.7 Å². The van der Waals surface area contributed by atoms with E-state index < -0.39 is 0 Å². The number of rotatable bonds is 4. The largest absolute Gasteiger partial charge is 0.396 e. The Bertz CT molecular complexity index is 827. The standard InChI is InChI=1S/C20H26N2O3/c1-14(2)20(13-23)8-5-9-22(12-20)18(24)11-16-10-15-6-3-4-7-17(15)21-19(16)25/h3-4,6-7,10,14,23H,5,8-9,11-13H2,1-2H3,(H,21,25). The van der Waals surface area contributed by atoms with Crippen LogP contribution in [0.3, 0.4) is 0 Å². The fourth-order valence-electron chi connectivity index (χ4n) is 3.75. The summed E-state index contributed by atoms with van der Waals surface area (Å²) in [5.41, 5.74) is 0.833. The maximum atomic E-state index is 12.8. The number of likely N-dealkylation sites (tertiary alicyclic amines) is 1. The maximum Gasteiger partial charge on any atom is 0.252 e. The summed E-state index contributed by atoms with van der Waals surface area (Å²) >= 11 is 0. The molecule has 1 saturated heterocycles. The van der Waals surface area contributed by atoms with E-state index in [9.17, 15) is 14.7 Å². The molecule has 0 radical (unpaired) electrons. The van der Waals surface area contributed by atoms with Crippen LogP contribution in [0.15, 0.2) is 35.1 Å². The van der Waals surface area contributed by atoms with Crippen molar-refractivity contribution < 1.29 is 9.90 Å². The second kappa shape index (κ2) is 7.00. The third-order valence-electron chi connectivity index (χ3n) is 5.67. The van der Waals surface area contributed by atoms with E-state index in [1.807, 2.05) is 29.2 Å². The number of amides is 1. The third-order valence-corrected chi connectivity index (χ3v) is 5.67. The molecule has 0 bridgehead atoms. The van der Waals surface area contributed by atoms with Gasteiger partial charge in [0.1, 0.15) is 0 Å². The summed E-state index contributed by atoms with van der Waals surface area (Å²) < 4.78 is 0. The lowest BCUT2D eigenvalue weighted by atomic mass is 9.72. The number of aromatic amines is 1. The van der Waals surface area contributed by atoms with E-state index in [1.165, 1.54) is 0 Å². The van der Waals surface area contributed by atoms with Crippen molar-refractivity contribution in [1.82, 2.24) is 9.88 Å². The summed E-state index contributed by atoms with van der Waals surface area (Å²) in [5.74, 6) is 0.260. The number of hydrogen-bond acceptors (Lipinski definition) is 3. The molecule has 1 unspecified atom stereocenters. The second-order valence-corrected chi connectivity index (χ2v) is 7.48. The average Bonchev–Trinajstić information content (AvgIpc) is 2.62. The molecule has 0 aliphatic carbocycles. The first kappa shape index (κ1) is 17.7. The number of carbonyl (C=O) groups is 1. The molecule has 1 aromatic heterocycles. The molecule has 0 spiro atoms. The van der Waals surface area contributed by atoms with Gasteiger partial charge in [-0.05, 0) is 36.3 Å². The van der Waals surface area contributed by atoms with Crippen molar-refractivity contribution >= 4 is 16.8 Å². The molecule has 134 valence electrons. The number of nitrogens with one attached hydrogen (secondary N) is 1. The summed E-state index contributed by atoms with van der Waals surface area (Å²) in [7, 11) is 0. The fourth-order valence-corrected chi connectivity index (χ4v) is 3.75. The first-order valence-corrected chi connectivity index (χ1v) is 8.95. The van der Waals surface area contributed by atoms with Crippen molar-refractivity contribution in [1.29, 1.82) is 0 Å². The van der Waals surface area contributed by atoms with Crippen LogP contribution in [0.1, 0.15) is 32.3 Å². The number of pyridine rings is 1. The van der Waals surface area contributed by atoms with Gasteiger partial charge in [0, 0.05) is 29.6 Å². The molecule has 2 heterocycles. The first-order chi connectivity index (χ1) is 11.9. The van der Waals surface area contributed by atoms with Gasteiger partial charge in [0.25, 0.3) is 5.56 Å². The number of aliphatic hydroxyl groups excluding tert-OH is 1. The lowest BCUT2D eigenvalue weighted by molar-refractivity contribution is -0.136. The number of benzene rings is 1.